The van der Waals surface area contributed by atoms with Crippen LogP contribution >= 0.6 is 0 Å². The number of aromatic nitrogens is 1. The fourth-order valence-corrected chi connectivity index (χ4v) is 3.06. The number of hydrogen-bond donors (Lipinski definition) is 1. The Kier molecular flexibility index (Phi) is 4.35. The lowest BCUT2D eigenvalue weighted by Gasteiger charge is -2.42. The summed E-state index contributed by atoms with van der Waals surface area (Å²) < 4.78 is 38.3. The van der Waals surface area contributed by atoms with Crippen LogP contribution in [0.3, 0.4) is 0 Å². The Balaban J connectivity index is 2.20. The van der Waals surface area contributed by atoms with Crippen molar-refractivity contribution in [1.82, 2.24) is 4.98 Å². The highest BCUT2D eigenvalue weighted by Crippen LogP contribution is 2.41. The maximum absolute atomic E-state index is 12.8. The summed E-state index contributed by atoms with van der Waals surface area (Å²) >= 11 is 0. The Morgan fingerprint density at radius 3 is 2.29 bits per heavy atom. The van der Waals surface area contributed by atoms with Crippen LogP contribution in [0.5, 0.6) is 0 Å². The molecule has 1 aromatic rings. The molecule has 2 heterocycles. The summed E-state index contributed by atoms with van der Waals surface area (Å²) in [6, 6.07) is 1.07. The second-order valence-electron chi connectivity index (χ2n) is 5.82. The average Bonchev–Trinajstić information content (AvgIpc) is 2.47. The van der Waals surface area contributed by atoms with Crippen LogP contribution in [0.4, 0.5) is 24.5 Å². The summed E-state index contributed by atoms with van der Waals surface area (Å²) in [4.78, 5) is 5.34. The molecule has 0 radical (unpaired) electrons. The van der Waals surface area contributed by atoms with Gasteiger partial charge < -0.3 is 10.6 Å². The van der Waals surface area contributed by atoms with Gasteiger partial charge >= 0.3 is 6.18 Å². The second-order valence-corrected chi connectivity index (χ2v) is 5.82. The van der Waals surface area contributed by atoms with Gasteiger partial charge in [0, 0.05) is 13.1 Å². The van der Waals surface area contributed by atoms with Crippen LogP contribution < -0.4 is 10.6 Å². The summed E-state index contributed by atoms with van der Waals surface area (Å²) in [5, 5.41) is 0. The summed E-state index contributed by atoms with van der Waals surface area (Å²) in [5.74, 6) is 0. The number of pyridine rings is 1. The molecule has 0 spiro atoms. The van der Waals surface area contributed by atoms with Gasteiger partial charge in [0.15, 0.2) is 0 Å². The molecular weight excluding hydrogens is 279 g/mol. The first-order valence-corrected chi connectivity index (χ1v) is 7.39. The molecule has 2 N–H and O–H groups in total. The highest BCUT2D eigenvalue weighted by Gasteiger charge is 2.35. The van der Waals surface area contributed by atoms with Crippen molar-refractivity contribution in [3.05, 3.63) is 18.0 Å². The van der Waals surface area contributed by atoms with E-state index in [1.807, 2.05) is 4.90 Å². The van der Waals surface area contributed by atoms with Crippen LogP contribution in [0.15, 0.2) is 12.3 Å². The van der Waals surface area contributed by atoms with E-state index in [0.717, 1.165) is 51.0 Å². The second kappa shape index (κ2) is 5.73. The van der Waals surface area contributed by atoms with Gasteiger partial charge in [0.05, 0.1) is 17.6 Å². The minimum absolute atomic E-state index is 0.309. The molecule has 0 unspecified atom stereocenters. The summed E-state index contributed by atoms with van der Waals surface area (Å²) in [5.41, 5.74) is 6.03. The lowest BCUT2D eigenvalue weighted by molar-refractivity contribution is -0.141. The van der Waals surface area contributed by atoms with Crippen LogP contribution in [0.25, 0.3) is 0 Å². The van der Waals surface area contributed by atoms with Gasteiger partial charge in [-0.05, 0) is 24.3 Å². The molecule has 0 aliphatic carbocycles. The van der Waals surface area contributed by atoms with E-state index in [2.05, 4.69) is 18.8 Å². The molecule has 0 amide bonds. The third-order valence-electron chi connectivity index (χ3n) is 4.87. The fraction of sp³-hybridized carbons (Fsp3) is 0.667. The normalized spacial score (nSPS) is 18.8. The number of nitrogens with two attached hydrogens (primary N) is 1. The zero-order valence-electron chi connectivity index (χ0n) is 12.5. The minimum Gasteiger partial charge on any atom is -0.396 e. The lowest BCUT2D eigenvalue weighted by atomic mass is 9.74. The first kappa shape index (κ1) is 15.9. The molecule has 1 aliphatic rings. The summed E-state index contributed by atoms with van der Waals surface area (Å²) in [7, 11) is 0. The van der Waals surface area contributed by atoms with Crippen LogP contribution in [0, 0.1) is 5.41 Å². The maximum Gasteiger partial charge on any atom is 0.433 e. The van der Waals surface area contributed by atoms with Gasteiger partial charge in [-0.1, -0.05) is 26.7 Å². The van der Waals surface area contributed by atoms with Crippen molar-refractivity contribution < 1.29 is 13.2 Å². The molecule has 0 saturated carbocycles. The number of halogens is 3. The van der Waals surface area contributed by atoms with Gasteiger partial charge in [-0.3, -0.25) is 0 Å². The predicted octanol–water partition coefficient (Wildman–Crippen LogP) is 4.09. The van der Waals surface area contributed by atoms with E-state index in [1.165, 1.54) is 0 Å². The minimum atomic E-state index is -4.44. The van der Waals surface area contributed by atoms with Crippen molar-refractivity contribution >= 4 is 11.4 Å². The van der Waals surface area contributed by atoms with Gasteiger partial charge in [-0.2, -0.15) is 13.2 Å². The van der Waals surface area contributed by atoms with Crippen molar-refractivity contribution in [3.8, 4) is 0 Å². The van der Waals surface area contributed by atoms with Crippen molar-refractivity contribution in [3.63, 3.8) is 0 Å². The third-order valence-corrected chi connectivity index (χ3v) is 4.87. The number of alkyl halides is 3. The first-order valence-electron chi connectivity index (χ1n) is 7.39. The van der Waals surface area contributed by atoms with Gasteiger partial charge in [-0.15, -0.1) is 0 Å². The molecule has 6 heteroatoms. The van der Waals surface area contributed by atoms with E-state index in [1.54, 1.807) is 0 Å². The van der Waals surface area contributed by atoms with E-state index in [9.17, 15) is 13.2 Å². The monoisotopic (exact) mass is 301 g/mol. The number of anilines is 2. The van der Waals surface area contributed by atoms with Crippen molar-refractivity contribution in [2.45, 2.75) is 45.7 Å². The van der Waals surface area contributed by atoms with E-state index < -0.39 is 11.9 Å². The Hall–Kier alpha value is -1.46. The first-order chi connectivity index (χ1) is 9.81. The number of nitrogens with zero attached hydrogens (tertiary/aromatic N) is 2. The zero-order chi connectivity index (χ0) is 15.7. The van der Waals surface area contributed by atoms with E-state index in [-0.39, 0.29) is 0 Å². The van der Waals surface area contributed by atoms with E-state index in [4.69, 9.17) is 5.73 Å². The van der Waals surface area contributed by atoms with Crippen LogP contribution in [0.1, 0.15) is 45.2 Å². The topological polar surface area (TPSA) is 42.2 Å². The van der Waals surface area contributed by atoms with Gasteiger partial charge in [0.25, 0.3) is 0 Å². The Labute approximate surface area is 123 Å². The molecule has 1 aromatic heterocycles. The third kappa shape index (κ3) is 3.24. The van der Waals surface area contributed by atoms with Gasteiger partial charge in [0.2, 0.25) is 0 Å². The summed E-state index contributed by atoms with van der Waals surface area (Å²) in [6.07, 6.45) is 0.870. The van der Waals surface area contributed by atoms with Crippen molar-refractivity contribution in [2.75, 3.05) is 23.7 Å². The number of piperidine rings is 1. The molecule has 1 aliphatic heterocycles. The molecule has 3 nitrogen and oxygen atoms in total. The Morgan fingerprint density at radius 1 is 1.24 bits per heavy atom. The Bertz CT molecular complexity index is 485. The van der Waals surface area contributed by atoms with Gasteiger partial charge in [0.1, 0.15) is 5.69 Å². The standard InChI is InChI=1S/C15H22F3N3/c1-3-14(4-2)5-7-21(8-6-14)12-9-13(15(16,17)18)20-10-11(12)19/h9-10H,3-8,19H2,1-2H3. The largest absolute Gasteiger partial charge is 0.433 e. The molecule has 118 valence electrons. The Morgan fingerprint density at radius 2 is 1.81 bits per heavy atom. The van der Waals surface area contributed by atoms with E-state index in [0.29, 0.717) is 16.8 Å². The molecule has 2 rings (SSSR count). The number of rotatable bonds is 3. The maximum atomic E-state index is 12.8. The molecule has 1 saturated heterocycles. The SMILES string of the molecule is CCC1(CC)CCN(c2cc(C(F)(F)F)ncc2N)CC1. The molecular formula is C15H22F3N3. The molecule has 0 aromatic carbocycles. The van der Waals surface area contributed by atoms with Crippen LogP contribution in [-0.2, 0) is 6.18 Å². The quantitative estimate of drug-likeness (QED) is 0.914. The fourth-order valence-electron chi connectivity index (χ4n) is 3.06. The zero-order valence-corrected chi connectivity index (χ0v) is 12.5. The number of hydrogen-bond acceptors (Lipinski definition) is 3. The van der Waals surface area contributed by atoms with Crippen molar-refractivity contribution in [1.29, 1.82) is 0 Å². The molecule has 21 heavy (non-hydrogen) atoms. The molecule has 0 atom stereocenters. The predicted molar refractivity (Wildman–Crippen MR) is 78.1 cm³/mol. The van der Waals surface area contributed by atoms with Gasteiger partial charge in [-0.25, -0.2) is 4.98 Å². The van der Waals surface area contributed by atoms with E-state index >= 15 is 0 Å². The lowest BCUT2D eigenvalue weighted by Crippen LogP contribution is -2.40. The highest BCUT2D eigenvalue weighted by atomic mass is 19.4. The highest BCUT2D eigenvalue weighted by molar-refractivity contribution is 5.67. The molecule has 1 fully saturated rings. The summed E-state index contributed by atoms with van der Waals surface area (Å²) in [6.45, 7) is 5.85. The molecule has 0 bridgehead atoms. The average molecular weight is 301 g/mol. The smallest absolute Gasteiger partial charge is 0.396 e. The van der Waals surface area contributed by atoms with Crippen molar-refractivity contribution in [2.24, 2.45) is 5.41 Å². The number of nitrogen functional groups attached to an aromatic ring is 1. The van der Waals surface area contributed by atoms with Crippen LogP contribution in [0.2, 0.25) is 0 Å². The van der Waals surface area contributed by atoms with Crippen LogP contribution in [-0.4, -0.2) is 18.1 Å².